The lowest BCUT2D eigenvalue weighted by Crippen LogP contribution is -2.22. The van der Waals surface area contributed by atoms with Crippen LogP contribution in [0.5, 0.6) is 11.5 Å². The zero-order chi connectivity index (χ0) is 25.8. The zero-order valence-corrected chi connectivity index (χ0v) is 20.8. The monoisotopic (exact) mass is 512 g/mol. The summed E-state index contributed by atoms with van der Waals surface area (Å²) in [5, 5.41) is 13.1. The maximum absolute atomic E-state index is 14.1. The predicted molar refractivity (Wildman–Crippen MR) is 137 cm³/mol. The fourth-order valence-corrected chi connectivity index (χ4v) is 4.46. The Morgan fingerprint density at radius 2 is 1.97 bits per heavy atom. The van der Waals surface area contributed by atoms with Gasteiger partial charge in [-0.1, -0.05) is 0 Å². The number of H-pyrrole nitrogens is 1. The van der Waals surface area contributed by atoms with E-state index in [4.69, 9.17) is 9.47 Å². The van der Waals surface area contributed by atoms with E-state index in [0.717, 1.165) is 4.90 Å². The van der Waals surface area contributed by atoms with Crippen LogP contribution in [0.1, 0.15) is 27.5 Å². The number of aryl methyl sites for hydroxylation is 1. The van der Waals surface area contributed by atoms with Crippen molar-refractivity contribution in [3.8, 4) is 11.5 Å². The molecule has 0 amide bonds. The van der Waals surface area contributed by atoms with Crippen LogP contribution in [0.15, 0.2) is 59.6 Å². The Bertz CT molecular complexity index is 1380. The summed E-state index contributed by atoms with van der Waals surface area (Å²) >= 11 is 1.52. The van der Waals surface area contributed by atoms with Crippen LogP contribution in [0.2, 0.25) is 0 Å². The van der Waals surface area contributed by atoms with E-state index in [1.54, 1.807) is 26.2 Å². The van der Waals surface area contributed by atoms with E-state index >= 15 is 0 Å². The molecule has 4 aromatic rings. The van der Waals surface area contributed by atoms with Crippen LogP contribution in [0.4, 0.5) is 14.5 Å². The number of aliphatic hydroxyl groups excluding tert-OH is 1. The van der Waals surface area contributed by atoms with E-state index in [9.17, 15) is 18.7 Å². The summed E-state index contributed by atoms with van der Waals surface area (Å²) in [6.07, 6.45) is 3.46. The van der Waals surface area contributed by atoms with Crippen molar-refractivity contribution in [1.82, 2.24) is 4.98 Å². The number of Topliss-reactive ketones (excluding diaryl/α,β-unsaturated/α-hetero) is 1. The lowest BCUT2D eigenvalue weighted by atomic mass is 9.95. The summed E-state index contributed by atoms with van der Waals surface area (Å²) < 4.78 is 39.2. The summed E-state index contributed by atoms with van der Waals surface area (Å²) in [6.45, 7) is 1.29. The second kappa shape index (κ2) is 11.0. The smallest absolute Gasteiger partial charge is 0.191 e. The largest absolute Gasteiger partial charge is 0.497 e. The maximum atomic E-state index is 14.1. The first-order valence-corrected chi connectivity index (χ1v) is 12.4. The molecular formula is C27H26F2N2O4S. The highest BCUT2D eigenvalue weighted by molar-refractivity contribution is 7.98. The van der Waals surface area contributed by atoms with Crippen molar-refractivity contribution in [2.75, 3.05) is 31.9 Å². The molecule has 1 aromatic heterocycles. The number of carbonyl (C=O) groups is 1. The molecule has 3 N–H and O–H groups in total. The number of aromatic amines is 1. The minimum absolute atomic E-state index is 0.0707. The molecule has 0 saturated carbocycles. The van der Waals surface area contributed by atoms with Gasteiger partial charge in [0.05, 0.1) is 13.7 Å². The van der Waals surface area contributed by atoms with Crippen LogP contribution in [-0.4, -0.2) is 42.5 Å². The lowest BCUT2D eigenvalue weighted by Gasteiger charge is -2.23. The number of ketones is 1. The van der Waals surface area contributed by atoms with Crippen LogP contribution in [0.25, 0.3) is 10.9 Å². The maximum Gasteiger partial charge on any atom is 0.191 e. The number of methoxy groups -OCH3 is 1. The quantitative estimate of drug-likeness (QED) is 0.182. The number of hydrogen-bond acceptors (Lipinski definition) is 6. The fourth-order valence-electron chi connectivity index (χ4n) is 3.98. The normalized spacial score (nSPS) is 11.9. The Morgan fingerprint density at radius 3 is 2.69 bits per heavy atom. The lowest BCUT2D eigenvalue weighted by molar-refractivity contribution is 0.0969. The summed E-state index contributed by atoms with van der Waals surface area (Å²) in [7, 11) is 1.56. The predicted octanol–water partition coefficient (Wildman–Crippen LogP) is 5.89. The average Bonchev–Trinajstić information content (AvgIpc) is 3.28. The number of rotatable bonds is 10. The van der Waals surface area contributed by atoms with Gasteiger partial charge in [-0.05, 0) is 55.1 Å². The summed E-state index contributed by atoms with van der Waals surface area (Å²) in [4.78, 5) is 17.9. The topological polar surface area (TPSA) is 83.6 Å². The van der Waals surface area contributed by atoms with Gasteiger partial charge in [-0.15, -0.1) is 11.8 Å². The Hall–Kier alpha value is -3.56. The molecule has 0 aliphatic rings. The van der Waals surface area contributed by atoms with Gasteiger partial charge < -0.3 is 24.9 Å². The van der Waals surface area contributed by atoms with Gasteiger partial charge >= 0.3 is 0 Å². The number of aliphatic hydroxyl groups is 1. The van der Waals surface area contributed by atoms with Crippen LogP contribution in [0.3, 0.4) is 0 Å². The Balaban J connectivity index is 1.85. The molecule has 0 radical (unpaired) electrons. The molecular weight excluding hydrogens is 486 g/mol. The van der Waals surface area contributed by atoms with E-state index in [2.05, 4.69) is 10.3 Å². The van der Waals surface area contributed by atoms with Gasteiger partial charge in [0.1, 0.15) is 35.8 Å². The number of anilines is 1. The summed E-state index contributed by atoms with van der Waals surface area (Å²) in [6, 6.07) is 11.4. The molecule has 188 valence electrons. The van der Waals surface area contributed by atoms with Gasteiger partial charge in [0.25, 0.3) is 0 Å². The third kappa shape index (κ3) is 5.32. The molecule has 1 unspecified atom stereocenters. The number of halogens is 2. The highest BCUT2D eigenvalue weighted by Gasteiger charge is 2.28. The molecule has 0 saturated heterocycles. The molecule has 0 bridgehead atoms. The van der Waals surface area contributed by atoms with Gasteiger partial charge in [0.15, 0.2) is 5.78 Å². The molecule has 0 fully saturated rings. The van der Waals surface area contributed by atoms with E-state index in [1.165, 1.54) is 42.2 Å². The van der Waals surface area contributed by atoms with Gasteiger partial charge in [-0.25, -0.2) is 8.78 Å². The number of aromatic nitrogens is 1. The second-order valence-electron chi connectivity index (χ2n) is 8.15. The Labute approximate surface area is 211 Å². The minimum Gasteiger partial charge on any atom is -0.497 e. The van der Waals surface area contributed by atoms with Gasteiger partial charge in [0.2, 0.25) is 0 Å². The number of hydrogen-bond donors (Lipinski definition) is 3. The SMILES string of the molecule is COc1cc(NC(C(=O)c2c[nH]c3cc(F)c(C)cc23)c2ccc(F)cc2OCCO)cc(SC)c1. The molecule has 1 atom stereocenters. The van der Waals surface area contributed by atoms with Crippen molar-refractivity contribution >= 4 is 34.1 Å². The molecule has 36 heavy (non-hydrogen) atoms. The third-order valence-corrected chi connectivity index (χ3v) is 6.49. The van der Waals surface area contributed by atoms with Gasteiger partial charge in [-0.3, -0.25) is 4.79 Å². The van der Waals surface area contributed by atoms with Crippen LogP contribution >= 0.6 is 11.8 Å². The van der Waals surface area contributed by atoms with Gasteiger partial charge in [-0.2, -0.15) is 0 Å². The van der Waals surface area contributed by atoms with Crippen molar-refractivity contribution < 1.29 is 28.2 Å². The molecule has 0 aliphatic heterocycles. The standard InChI is InChI=1S/C27H26F2N2O4S/c1-15-8-21-22(14-30-24(21)13-23(15)29)27(33)26(20-5-4-16(28)9-25(20)35-7-6-32)31-17-10-18(34-2)12-19(11-17)36-3/h4-5,8-14,26,30-32H,6-7H2,1-3H3. The highest BCUT2D eigenvalue weighted by atomic mass is 32.2. The minimum atomic E-state index is -0.995. The number of nitrogens with one attached hydrogen (secondary N) is 2. The van der Waals surface area contributed by atoms with Crippen molar-refractivity contribution in [3.05, 3.63) is 83.1 Å². The number of benzene rings is 3. The Morgan fingerprint density at radius 1 is 1.17 bits per heavy atom. The first-order valence-electron chi connectivity index (χ1n) is 11.2. The molecule has 3 aromatic carbocycles. The number of ether oxygens (including phenoxy) is 2. The fraction of sp³-hybridized carbons (Fsp3) is 0.222. The summed E-state index contributed by atoms with van der Waals surface area (Å²) in [5.74, 6) is -0.518. The molecule has 0 aliphatic carbocycles. The molecule has 0 spiro atoms. The first kappa shape index (κ1) is 25.5. The van der Waals surface area contributed by atoms with E-state index < -0.39 is 11.9 Å². The molecule has 4 rings (SSSR count). The van der Waals surface area contributed by atoms with Crippen LogP contribution < -0.4 is 14.8 Å². The van der Waals surface area contributed by atoms with E-state index in [-0.39, 0.29) is 30.6 Å². The zero-order valence-electron chi connectivity index (χ0n) is 20.0. The summed E-state index contributed by atoms with van der Waals surface area (Å²) in [5.41, 5.74) is 2.23. The van der Waals surface area contributed by atoms with Crippen molar-refractivity contribution in [2.45, 2.75) is 17.9 Å². The van der Waals surface area contributed by atoms with E-state index in [0.29, 0.717) is 39.0 Å². The molecule has 6 nitrogen and oxygen atoms in total. The molecule has 1 heterocycles. The van der Waals surface area contributed by atoms with Crippen molar-refractivity contribution in [3.63, 3.8) is 0 Å². The van der Waals surface area contributed by atoms with Crippen molar-refractivity contribution in [1.29, 1.82) is 0 Å². The molecule has 9 heteroatoms. The van der Waals surface area contributed by atoms with Crippen molar-refractivity contribution in [2.24, 2.45) is 0 Å². The van der Waals surface area contributed by atoms with Crippen LogP contribution in [0, 0.1) is 18.6 Å². The first-order chi connectivity index (χ1) is 17.3. The highest BCUT2D eigenvalue weighted by Crippen LogP contribution is 2.35. The number of fused-ring (bicyclic) bond motifs is 1. The number of carbonyl (C=O) groups excluding carboxylic acids is 1. The average molecular weight is 513 g/mol. The van der Waals surface area contributed by atoms with Gasteiger partial charge in [0, 0.05) is 50.9 Å². The third-order valence-electron chi connectivity index (χ3n) is 5.79. The second-order valence-corrected chi connectivity index (χ2v) is 9.03. The van der Waals surface area contributed by atoms with Crippen LogP contribution in [-0.2, 0) is 0 Å². The number of thioether (sulfide) groups is 1. The Kier molecular flexibility index (Phi) is 7.81. The van der Waals surface area contributed by atoms with E-state index in [1.807, 2.05) is 18.4 Å².